The first kappa shape index (κ1) is 5.30. The Balaban J connectivity index is 2.09. The Morgan fingerprint density at radius 3 is 2.89 bits per heavy atom. The summed E-state index contributed by atoms with van der Waals surface area (Å²) >= 11 is 0. The maximum atomic E-state index is 3.76. The van der Waals surface area contributed by atoms with Crippen LogP contribution < -0.4 is 5.32 Å². The molecule has 2 atom stereocenters. The van der Waals surface area contributed by atoms with Crippen LogP contribution in [0.25, 0.3) is 0 Å². The highest BCUT2D eigenvalue weighted by molar-refractivity contribution is 5.00. The summed E-state index contributed by atoms with van der Waals surface area (Å²) in [5, 5.41) is 3.43. The molecule has 0 aliphatic carbocycles. The van der Waals surface area contributed by atoms with Gasteiger partial charge in [0.15, 0.2) is 0 Å². The zero-order chi connectivity index (χ0) is 6.27. The van der Waals surface area contributed by atoms with Gasteiger partial charge in [-0.05, 0) is 12.6 Å². The van der Waals surface area contributed by atoms with E-state index >= 15 is 0 Å². The molecule has 2 aliphatic rings. The number of hydrogen-bond donors (Lipinski definition) is 1. The average Bonchev–Trinajstić information content (AvgIpc) is 2.45. The van der Waals surface area contributed by atoms with Crippen molar-refractivity contribution in [2.75, 3.05) is 13.1 Å². The van der Waals surface area contributed by atoms with E-state index in [1.807, 2.05) is 6.20 Å². The smallest absolute Gasteiger partial charge is 0.0425 e. The summed E-state index contributed by atoms with van der Waals surface area (Å²) in [4.78, 5) is 2.33. The Hall–Kier alpha value is -0.500. The van der Waals surface area contributed by atoms with Crippen LogP contribution >= 0.6 is 0 Å². The van der Waals surface area contributed by atoms with Crippen LogP contribution in [0.1, 0.15) is 6.42 Å². The molecule has 50 valence electrons. The molecule has 2 heteroatoms. The van der Waals surface area contributed by atoms with Crippen LogP contribution in [-0.2, 0) is 0 Å². The number of rotatable bonds is 1. The Labute approximate surface area is 55.5 Å². The maximum absolute atomic E-state index is 3.76. The molecule has 2 bridgehead atoms. The van der Waals surface area contributed by atoms with Gasteiger partial charge in [-0.15, -0.1) is 0 Å². The van der Waals surface area contributed by atoms with Crippen molar-refractivity contribution in [1.29, 1.82) is 0 Å². The molecular formula is C7H12N2. The van der Waals surface area contributed by atoms with Gasteiger partial charge in [-0.3, -0.25) is 0 Å². The van der Waals surface area contributed by atoms with Gasteiger partial charge in [0.25, 0.3) is 0 Å². The number of piperazine rings is 1. The van der Waals surface area contributed by atoms with Gasteiger partial charge in [-0.1, -0.05) is 6.58 Å². The largest absolute Gasteiger partial charge is 0.372 e. The number of hydrogen-bond acceptors (Lipinski definition) is 2. The van der Waals surface area contributed by atoms with E-state index in [4.69, 9.17) is 0 Å². The van der Waals surface area contributed by atoms with E-state index in [1.54, 1.807) is 0 Å². The second-order valence-corrected chi connectivity index (χ2v) is 2.87. The molecule has 0 aromatic rings. The van der Waals surface area contributed by atoms with E-state index < -0.39 is 0 Å². The van der Waals surface area contributed by atoms with Crippen molar-refractivity contribution in [2.24, 2.45) is 0 Å². The molecule has 0 aromatic heterocycles. The van der Waals surface area contributed by atoms with E-state index in [2.05, 4.69) is 16.8 Å². The Kier molecular flexibility index (Phi) is 1.02. The molecule has 0 spiro atoms. The van der Waals surface area contributed by atoms with Crippen molar-refractivity contribution >= 4 is 0 Å². The fourth-order valence-electron chi connectivity index (χ4n) is 1.82. The van der Waals surface area contributed by atoms with Crippen LogP contribution in [0.4, 0.5) is 0 Å². The van der Waals surface area contributed by atoms with Gasteiger partial charge in [0.1, 0.15) is 0 Å². The van der Waals surface area contributed by atoms with Crippen molar-refractivity contribution in [3.8, 4) is 0 Å². The van der Waals surface area contributed by atoms with Crippen LogP contribution in [0.15, 0.2) is 12.8 Å². The van der Waals surface area contributed by atoms with E-state index in [-0.39, 0.29) is 0 Å². The Bertz CT molecular complexity index is 133. The van der Waals surface area contributed by atoms with Crippen molar-refractivity contribution in [1.82, 2.24) is 10.2 Å². The molecule has 1 N–H and O–H groups in total. The third-order valence-electron chi connectivity index (χ3n) is 2.33. The number of fused-ring (bicyclic) bond motifs is 2. The van der Waals surface area contributed by atoms with Gasteiger partial charge < -0.3 is 10.2 Å². The van der Waals surface area contributed by atoms with Crippen LogP contribution in [0.2, 0.25) is 0 Å². The fourth-order valence-corrected chi connectivity index (χ4v) is 1.82. The molecule has 2 fully saturated rings. The molecule has 0 radical (unpaired) electrons. The van der Waals surface area contributed by atoms with Gasteiger partial charge in [0, 0.05) is 25.2 Å². The van der Waals surface area contributed by atoms with Gasteiger partial charge >= 0.3 is 0 Å². The molecule has 9 heavy (non-hydrogen) atoms. The number of nitrogens with zero attached hydrogens (tertiary/aromatic N) is 1. The third kappa shape index (κ3) is 0.663. The lowest BCUT2D eigenvalue weighted by atomic mass is 10.2. The predicted molar refractivity (Wildman–Crippen MR) is 37.1 cm³/mol. The van der Waals surface area contributed by atoms with Crippen LogP contribution in [0, 0.1) is 0 Å². The topological polar surface area (TPSA) is 15.3 Å². The summed E-state index contributed by atoms with van der Waals surface area (Å²) in [5.41, 5.74) is 0. The van der Waals surface area contributed by atoms with E-state index in [9.17, 15) is 0 Å². The maximum Gasteiger partial charge on any atom is 0.0425 e. The van der Waals surface area contributed by atoms with Crippen molar-refractivity contribution in [3.63, 3.8) is 0 Å². The van der Waals surface area contributed by atoms with Gasteiger partial charge in [0.2, 0.25) is 0 Å². The molecule has 2 heterocycles. The molecule has 2 rings (SSSR count). The number of nitrogens with one attached hydrogen (secondary N) is 1. The molecule has 0 unspecified atom stereocenters. The van der Waals surface area contributed by atoms with Crippen molar-refractivity contribution in [3.05, 3.63) is 12.8 Å². The Morgan fingerprint density at radius 1 is 1.67 bits per heavy atom. The normalized spacial score (nSPS) is 39.8. The lowest BCUT2D eigenvalue weighted by Crippen LogP contribution is -2.40. The van der Waals surface area contributed by atoms with Crippen molar-refractivity contribution in [2.45, 2.75) is 18.5 Å². The first-order valence-corrected chi connectivity index (χ1v) is 3.52. The summed E-state index contributed by atoms with van der Waals surface area (Å²) in [5.74, 6) is 0. The van der Waals surface area contributed by atoms with Crippen LogP contribution in [0.5, 0.6) is 0 Å². The highest BCUT2D eigenvalue weighted by Crippen LogP contribution is 2.22. The minimum absolute atomic E-state index is 0.757. The minimum Gasteiger partial charge on any atom is -0.372 e. The lowest BCUT2D eigenvalue weighted by Gasteiger charge is -2.24. The standard InChI is InChI=1S/C7H12N2/c1-2-9-5-6-3-7(9)4-8-6/h2,6-8H,1,3-5H2/t6-,7-/m1/s1. The van der Waals surface area contributed by atoms with Crippen molar-refractivity contribution < 1.29 is 0 Å². The van der Waals surface area contributed by atoms with Gasteiger partial charge in [-0.25, -0.2) is 0 Å². The SMILES string of the molecule is C=CN1C[C@H]2C[C@@H]1CN2. The zero-order valence-electron chi connectivity index (χ0n) is 5.51. The summed E-state index contributed by atoms with van der Waals surface area (Å²) in [6.07, 6.45) is 3.29. The lowest BCUT2D eigenvalue weighted by molar-refractivity contribution is 0.311. The summed E-state index contributed by atoms with van der Waals surface area (Å²) < 4.78 is 0. The molecule has 2 saturated heterocycles. The highest BCUT2D eigenvalue weighted by Gasteiger charge is 2.35. The van der Waals surface area contributed by atoms with Crippen LogP contribution in [0.3, 0.4) is 0 Å². The molecular weight excluding hydrogens is 112 g/mol. The summed E-state index contributed by atoms with van der Waals surface area (Å²) in [7, 11) is 0. The average molecular weight is 124 g/mol. The quantitative estimate of drug-likeness (QED) is 0.536. The second-order valence-electron chi connectivity index (χ2n) is 2.87. The number of likely N-dealkylation sites (tertiary alicyclic amines) is 1. The molecule has 0 amide bonds. The van der Waals surface area contributed by atoms with E-state index in [0.717, 1.165) is 18.6 Å². The van der Waals surface area contributed by atoms with E-state index in [1.165, 1.54) is 13.0 Å². The van der Waals surface area contributed by atoms with Crippen LogP contribution in [-0.4, -0.2) is 30.1 Å². The summed E-state index contributed by atoms with van der Waals surface area (Å²) in [6.45, 7) is 6.10. The van der Waals surface area contributed by atoms with E-state index in [0.29, 0.717) is 0 Å². The fraction of sp³-hybridized carbons (Fsp3) is 0.714. The second kappa shape index (κ2) is 1.74. The molecule has 2 nitrogen and oxygen atoms in total. The third-order valence-corrected chi connectivity index (χ3v) is 2.33. The summed E-state index contributed by atoms with van der Waals surface area (Å²) in [6, 6.07) is 1.51. The minimum atomic E-state index is 0.757. The zero-order valence-corrected chi connectivity index (χ0v) is 5.51. The monoisotopic (exact) mass is 124 g/mol. The van der Waals surface area contributed by atoms with Gasteiger partial charge in [-0.2, -0.15) is 0 Å². The highest BCUT2D eigenvalue weighted by atomic mass is 15.3. The first-order valence-electron chi connectivity index (χ1n) is 3.52. The molecule has 2 aliphatic heterocycles. The van der Waals surface area contributed by atoms with Gasteiger partial charge in [0.05, 0.1) is 0 Å². The predicted octanol–water partition coefficient (Wildman–Crippen LogP) is 0.176. The molecule has 0 saturated carbocycles. The Morgan fingerprint density at radius 2 is 2.56 bits per heavy atom. The first-order chi connectivity index (χ1) is 4.40. The molecule has 0 aromatic carbocycles.